The summed E-state index contributed by atoms with van der Waals surface area (Å²) in [6, 6.07) is 6.89. The van der Waals surface area contributed by atoms with Gasteiger partial charge in [0.2, 0.25) is 0 Å². The SMILES string of the molecule is CONCCCN1C(=O)c2ccccc2C1=O. The Morgan fingerprint density at radius 2 is 1.76 bits per heavy atom. The summed E-state index contributed by atoms with van der Waals surface area (Å²) in [7, 11) is 1.53. The molecule has 0 radical (unpaired) electrons. The molecule has 0 spiro atoms. The molecule has 0 saturated carbocycles. The summed E-state index contributed by atoms with van der Waals surface area (Å²) in [5.41, 5.74) is 3.67. The summed E-state index contributed by atoms with van der Waals surface area (Å²) < 4.78 is 0. The van der Waals surface area contributed by atoms with Crippen molar-refractivity contribution in [1.29, 1.82) is 0 Å². The van der Waals surface area contributed by atoms with Gasteiger partial charge in [0, 0.05) is 13.1 Å². The first-order chi connectivity index (χ1) is 8.25. The smallest absolute Gasteiger partial charge is 0.261 e. The highest BCUT2D eigenvalue weighted by molar-refractivity contribution is 6.21. The van der Waals surface area contributed by atoms with Crippen molar-refractivity contribution in [3.8, 4) is 0 Å². The molecule has 1 aliphatic heterocycles. The van der Waals surface area contributed by atoms with Crippen molar-refractivity contribution in [3.63, 3.8) is 0 Å². The molecule has 5 nitrogen and oxygen atoms in total. The number of hydrogen-bond acceptors (Lipinski definition) is 4. The van der Waals surface area contributed by atoms with Crippen LogP contribution in [0, 0.1) is 0 Å². The molecule has 0 unspecified atom stereocenters. The van der Waals surface area contributed by atoms with Gasteiger partial charge in [-0.05, 0) is 18.6 Å². The Balaban J connectivity index is 2.03. The Labute approximate surface area is 99.3 Å². The van der Waals surface area contributed by atoms with Crippen LogP contribution in [0.25, 0.3) is 0 Å². The topological polar surface area (TPSA) is 58.6 Å². The Morgan fingerprint density at radius 1 is 1.18 bits per heavy atom. The van der Waals surface area contributed by atoms with Crippen LogP contribution in [0.2, 0.25) is 0 Å². The van der Waals surface area contributed by atoms with Crippen molar-refractivity contribution in [2.75, 3.05) is 20.2 Å². The fourth-order valence-corrected chi connectivity index (χ4v) is 1.85. The fourth-order valence-electron chi connectivity index (χ4n) is 1.85. The van der Waals surface area contributed by atoms with Gasteiger partial charge >= 0.3 is 0 Å². The van der Waals surface area contributed by atoms with Crippen LogP contribution in [-0.4, -0.2) is 36.9 Å². The summed E-state index contributed by atoms with van der Waals surface area (Å²) in [6.45, 7) is 1.01. The van der Waals surface area contributed by atoms with Crippen LogP contribution in [0.15, 0.2) is 24.3 Å². The highest BCUT2D eigenvalue weighted by Crippen LogP contribution is 2.22. The maximum absolute atomic E-state index is 11.9. The van der Waals surface area contributed by atoms with Crippen LogP contribution in [0.1, 0.15) is 27.1 Å². The third-order valence-corrected chi connectivity index (χ3v) is 2.68. The molecule has 90 valence electrons. The summed E-state index contributed by atoms with van der Waals surface area (Å²) >= 11 is 0. The number of benzene rings is 1. The molecule has 1 aromatic carbocycles. The van der Waals surface area contributed by atoms with E-state index in [4.69, 9.17) is 0 Å². The Morgan fingerprint density at radius 3 is 2.29 bits per heavy atom. The third kappa shape index (κ3) is 2.20. The van der Waals surface area contributed by atoms with Crippen LogP contribution < -0.4 is 5.48 Å². The molecule has 0 bridgehead atoms. The van der Waals surface area contributed by atoms with Gasteiger partial charge in [-0.3, -0.25) is 14.5 Å². The Bertz CT molecular complexity index is 410. The number of imide groups is 1. The molecule has 0 aromatic heterocycles. The van der Waals surface area contributed by atoms with Crippen LogP contribution in [-0.2, 0) is 4.84 Å². The average molecular weight is 234 g/mol. The highest BCUT2D eigenvalue weighted by Gasteiger charge is 2.34. The zero-order chi connectivity index (χ0) is 12.3. The standard InChI is InChI=1S/C12H14N2O3/c1-17-13-7-4-8-14-11(15)9-5-2-3-6-10(9)12(14)16/h2-3,5-6,13H,4,7-8H2,1H3. The zero-order valence-corrected chi connectivity index (χ0v) is 9.60. The van der Waals surface area contributed by atoms with Crippen LogP contribution in [0.5, 0.6) is 0 Å². The van der Waals surface area contributed by atoms with Crippen molar-refractivity contribution < 1.29 is 14.4 Å². The van der Waals surface area contributed by atoms with Gasteiger partial charge in [0.1, 0.15) is 0 Å². The predicted molar refractivity (Wildman–Crippen MR) is 61.4 cm³/mol. The van der Waals surface area contributed by atoms with Gasteiger partial charge in [-0.15, -0.1) is 0 Å². The first-order valence-electron chi connectivity index (χ1n) is 5.46. The van der Waals surface area contributed by atoms with Gasteiger partial charge in [-0.2, -0.15) is 0 Å². The maximum atomic E-state index is 11.9. The van der Waals surface area contributed by atoms with Gasteiger partial charge in [0.15, 0.2) is 0 Å². The number of carbonyl (C=O) groups excluding carboxylic acids is 2. The van der Waals surface area contributed by atoms with Gasteiger partial charge in [0.25, 0.3) is 11.8 Å². The Kier molecular flexibility index (Phi) is 3.51. The van der Waals surface area contributed by atoms with Gasteiger partial charge in [0.05, 0.1) is 18.2 Å². The van der Waals surface area contributed by atoms with E-state index in [-0.39, 0.29) is 11.8 Å². The lowest BCUT2D eigenvalue weighted by molar-refractivity contribution is 0.0626. The molecule has 2 amide bonds. The number of amides is 2. The molecular weight excluding hydrogens is 220 g/mol. The second-order valence-corrected chi connectivity index (χ2v) is 3.76. The van der Waals surface area contributed by atoms with Gasteiger partial charge in [-0.1, -0.05) is 12.1 Å². The molecule has 0 saturated heterocycles. The molecule has 1 heterocycles. The molecule has 1 N–H and O–H groups in total. The van der Waals surface area contributed by atoms with E-state index >= 15 is 0 Å². The molecule has 0 fully saturated rings. The normalized spacial score (nSPS) is 14.3. The largest absolute Gasteiger partial charge is 0.305 e. The van der Waals surface area contributed by atoms with Gasteiger partial charge in [-0.25, -0.2) is 5.48 Å². The number of nitrogens with one attached hydrogen (secondary N) is 1. The summed E-state index contributed by atoms with van der Waals surface area (Å²) in [4.78, 5) is 29.8. The number of hydroxylamine groups is 1. The second kappa shape index (κ2) is 5.07. The van der Waals surface area contributed by atoms with E-state index in [1.807, 2.05) is 0 Å². The lowest BCUT2D eigenvalue weighted by atomic mass is 10.1. The Hall–Kier alpha value is -1.72. The molecule has 2 rings (SSSR count). The van der Waals surface area contributed by atoms with Crippen LogP contribution in [0.3, 0.4) is 0 Å². The minimum Gasteiger partial charge on any atom is -0.305 e. The van der Waals surface area contributed by atoms with E-state index in [0.29, 0.717) is 30.6 Å². The van der Waals surface area contributed by atoms with Crippen molar-refractivity contribution in [2.45, 2.75) is 6.42 Å². The van der Waals surface area contributed by atoms with E-state index in [1.165, 1.54) is 12.0 Å². The summed E-state index contributed by atoms with van der Waals surface area (Å²) in [5, 5.41) is 0. The van der Waals surface area contributed by atoms with Crippen LogP contribution >= 0.6 is 0 Å². The number of carbonyl (C=O) groups is 2. The molecule has 0 atom stereocenters. The molecule has 1 aromatic rings. The van der Waals surface area contributed by atoms with E-state index in [9.17, 15) is 9.59 Å². The zero-order valence-electron chi connectivity index (χ0n) is 9.60. The molecule has 5 heteroatoms. The molecule has 17 heavy (non-hydrogen) atoms. The third-order valence-electron chi connectivity index (χ3n) is 2.68. The molecule has 1 aliphatic rings. The van der Waals surface area contributed by atoms with E-state index in [2.05, 4.69) is 10.3 Å². The monoisotopic (exact) mass is 234 g/mol. The minimum atomic E-state index is -0.206. The number of hydrogen-bond donors (Lipinski definition) is 1. The fraction of sp³-hybridized carbons (Fsp3) is 0.333. The second-order valence-electron chi connectivity index (χ2n) is 3.76. The minimum absolute atomic E-state index is 0.206. The maximum Gasteiger partial charge on any atom is 0.261 e. The molecule has 0 aliphatic carbocycles. The first kappa shape index (κ1) is 11.8. The number of rotatable bonds is 5. The van der Waals surface area contributed by atoms with Crippen molar-refractivity contribution in [1.82, 2.24) is 10.4 Å². The van der Waals surface area contributed by atoms with E-state index in [0.717, 1.165) is 0 Å². The molecular formula is C12H14N2O3. The summed E-state index contributed by atoms with van der Waals surface area (Å²) in [5.74, 6) is -0.411. The highest BCUT2D eigenvalue weighted by atomic mass is 16.6. The average Bonchev–Trinajstić information content (AvgIpc) is 2.60. The van der Waals surface area contributed by atoms with Crippen molar-refractivity contribution >= 4 is 11.8 Å². The van der Waals surface area contributed by atoms with Crippen molar-refractivity contribution in [3.05, 3.63) is 35.4 Å². The van der Waals surface area contributed by atoms with Crippen molar-refractivity contribution in [2.24, 2.45) is 0 Å². The predicted octanol–water partition coefficient (Wildman–Crippen LogP) is 0.824. The summed E-state index contributed by atoms with van der Waals surface area (Å²) in [6.07, 6.45) is 0.666. The quantitative estimate of drug-likeness (QED) is 0.465. The van der Waals surface area contributed by atoms with E-state index in [1.54, 1.807) is 24.3 Å². The number of nitrogens with zero attached hydrogens (tertiary/aromatic N) is 1. The van der Waals surface area contributed by atoms with Gasteiger partial charge < -0.3 is 4.84 Å². The van der Waals surface area contributed by atoms with Crippen LogP contribution in [0.4, 0.5) is 0 Å². The first-order valence-corrected chi connectivity index (χ1v) is 5.46. The number of fused-ring (bicyclic) bond motifs is 1. The lowest BCUT2D eigenvalue weighted by Gasteiger charge is -2.13. The lowest BCUT2D eigenvalue weighted by Crippen LogP contribution is -2.32. The van der Waals surface area contributed by atoms with E-state index < -0.39 is 0 Å².